The lowest BCUT2D eigenvalue weighted by molar-refractivity contribution is -0.132. The molecule has 0 spiro atoms. The van der Waals surface area contributed by atoms with E-state index in [2.05, 4.69) is 10.1 Å². The average Bonchev–Trinajstić information content (AvgIpc) is 3.03. The number of aryl methyl sites for hydroxylation is 1. The van der Waals surface area contributed by atoms with Crippen LogP contribution in [0.2, 0.25) is 5.02 Å². The lowest BCUT2D eigenvalue weighted by atomic mass is 10.1. The minimum atomic E-state index is 0. The Morgan fingerprint density at radius 1 is 1.29 bits per heavy atom. The Morgan fingerprint density at radius 2 is 1.96 bits per heavy atom. The molecule has 1 aliphatic heterocycles. The first-order valence-corrected chi connectivity index (χ1v) is 8.11. The molecule has 1 fully saturated rings. The monoisotopic (exact) mass is 370 g/mol. The van der Waals surface area contributed by atoms with E-state index in [1.165, 1.54) is 0 Å². The van der Waals surface area contributed by atoms with Crippen LogP contribution in [0.25, 0.3) is 11.4 Å². The van der Waals surface area contributed by atoms with Gasteiger partial charge in [-0.25, -0.2) is 0 Å². The van der Waals surface area contributed by atoms with Crippen molar-refractivity contribution < 1.29 is 9.32 Å². The SMILES string of the molecule is Cl.NC1CCN(C(=O)CCc2nc(-c3ccc(Cl)cc3)no2)CC1. The maximum atomic E-state index is 12.2. The Kier molecular flexibility index (Phi) is 6.60. The second-order valence-electron chi connectivity index (χ2n) is 5.74. The molecule has 2 heterocycles. The highest BCUT2D eigenvalue weighted by Gasteiger charge is 2.21. The summed E-state index contributed by atoms with van der Waals surface area (Å²) in [6.07, 6.45) is 2.56. The summed E-state index contributed by atoms with van der Waals surface area (Å²) in [4.78, 5) is 18.4. The van der Waals surface area contributed by atoms with Gasteiger partial charge in [0.05, 0.1) is 0 Å². The summed E-state index contributed by atoms with van der Waals surface area (Å²) in [5, 5.41) is 4.60. The standard InChI is InChI=1S/C16H19ClN4O2.ClH/c17-12-3-1-11(2-4-12)16-19-14(23-20-16)5-6-15(22)21-9-7-13(18)8-10-21;/h1-4,13H,5-10,18H2;1H. The Hall–Kier alpha value is -1.63. The third kappa shape index (κ3) is 4.69. The van der Waals surface area contributed by atoms with Crippen LogP contribution in [0, 0.1) is 0 Å². The number of rotatable bonds is 4. The molecule has 8 heteroatoms. The van der Waals surface area contributed by atoms with Gasteiger partial charge in [0.25, 0.3) is 0 Å². The van der Waals surface area contributed by atoms with Crippen LogP contribution in [0.4, 0.5) is 0 Å². The third-order valence-electron chi connectivity index (χ3n) is 4.02. The molecule has 130 valence electrons. The van der Waals surface area contributed by atoms with Crippen LogP contribution in [0.1, 0.15) is 25.2 Å². The number of piperidine rings is 1. The normalized spacial score (nSPS) is 15.2. The predicted molar refractivity (Wildman–Crippen MR) is 94.1 cm³/mol. The zero-order valence-electron chi connectivity index (χ0n) is 13.2. The minimum Gasteiger partial charge on any atom is -0.343 e. The largest absolute Gasteiger partial charge is 0.343 e. The van der Waals surface area contributed by atoms with E-state index in [4.69, 9.17) is 21.9 Å². The smallest absolute Gasteiger partial charge is 0.227 e. The van der Waals surface area contributed by atoms with Crippen LogP contribution in [0.5, 0.6) is 0 Å². The average molecular weight is 371 g/mol. The quantitative estimate of drug-likeness (QED) is 0.893. The van der Waals surface area contributed by atoms with Gasteiger partial charge >= 0.3 is 0 Å². The molecule has 1 saturated heterocycles. The van der Waals surface area contributed by atoms with E-state index in [9.17, 15) is 4.79 Å². The number of hydrogen-bond acceptors (Lipinski definition) is 5. The highest BCUT2D eigenvalue weighted by molar-refractivity contribution is 6.30. The number of aromatic nitrogens is 2. The summed E-state index contributed by atoms with van der Waals surface area (Å²) in [6, 6.07) is 7.43. The summed E-state index contributed by atoms with van der Waals surface area (Å²) in [5.41, 5.74) is 6.68. The van der Waals surface area contributed by atoms with E-state index in [0.29, 0.717) is 29.6 Å². The van der Waals surface area contributed by atoms with Crippen molar-refractivity contribution in [2.75, 3.05) is 13.1 Å². The molecule has 1 aromatic heterocycles. The van der Waals surface area contributed by atoms with Gasteiger partial charge in [-0.3, -0.25) is 4.79 Å². The van der Waals surface area contributed by atoms with Crippen molar-refractivity contribution in [3.63, 3.8) is 0 Å². The van der Waals surface area contributed by atoms with Crippen molar-refractivity contribution in [2.24, 2.45) is 5.73 Å². The van der Waals surface area contributed by atoms with Gasteiger partial charge in [0, 0.05) is 42.6 Å². The van der Waals surface area contributed by atoms with Gasteiger partial charge in [0.2, 0.25) is 17.6 Å². The molecule has 1 aromatic carbocycles. The lowest BCUT2D eigenvalue weighted by Crippen LogP contribution is -2.42. The molecule has 0 radical (unpaired) electrons. The van der Waals surface area contributed by atoms with E-state index in [1.54, 1.807) is 12.1 Å². The maximum absolute atomic E-state index is 12.2. The molecule has 0 bridgehead atoms. The highest BCUT2D eigenvalue weighted by atomic mass is 35.5. The fourth-order valence-electron chi connectivity index (χ4n) is 2.59. The van der Waals surface area contributed by atoms with Gasteiger partial charge in [-0.05, 0) is 37.1 Å². The van der Waals surface area contributed by atoms with Gasteiger partial charge in [0.15, 0.2) is 0 Å². The Balaban J connectivity index is 0.00000208. The van der Waals surface area contributed by atoms with Gasteiger partial charge < -0.3 is 15.2 Å². The van der Waals surface area contributed by atoms with Gasteiger partial charge in [-0.1, -0.05) is 16.8 Å². The minimum absolute atomic E-state index is 0. The second kappa shape index (κ2) is 8.46. The Labute approximate surface area is 151 Å². The molecular weight excluding hydrogens is 351 g/mol. The fourth-order valence-corrected chi connectivity index (χ4v) is 2.72. The van der Waals surface area contributed by atoms with Crippen LogP contribution >= 0.6 is 24.0 Å². The molecule has 1 aliphatic rings. The zero-order chi connectivity index (χ0) is 16.2. The number of hydrogen-bond donors (Lipinski definition) is 1. The Bertz CT molecular complexity index is 667. The van der Waals surface area contributed by atoms with Crippen molar-refractivity contribution in [1.82, 2.24) is 15.0 Å². The molecule has 0 unspecified atom stereocenters. The number of benzene rings is 1. The molecule has 2 N–H and O–H groups in total. The summed E-state index contributed by atoms with van der Waals surface area (Å²) in [6.45, 7) is 1.47. The number of nitrogens with zero attached hydrogens (tertiary/aromatic N) is 3. The maximum Gasteiger partial charge on any atom is 0.227 e. The van der Waals surface area contributed by atoms with Crippen molar-refractivity contribution in [3.8, 4) is 11.4 Å². The van der Waals surface area contributed by atoms with Gasteiger partial charge in [-0.15, -0.1) is 12.4 Å². The van der Waals surface area contributed by atoms with Crippen molar-refractivity contribution in [1.29, 1.82) is 0 Å². The number of carbonyl (C=O) groups excluding carboxylic acids is 1. The molecule has 1 amide bonds. The van der Waals surface area contributed by atoms with Crippen LogP contribution in [-0.2, 0) is 11.2 Å². The highest BCUT2D eigenvalue weighted by Crippen LogP contribution is 2.19. The molecule has 3 rings (SSSR count). The molecule has 0 aliphatic carbocycles. The molecule has 0 saturated carbocycles. The molecule has 24 heavy (non-hydrogen) atoms. The van der Waals surface area contributed by atoms with Crippen LogP contribution in [0.3, 0.4) is 0 Å². The third-order valence-corrected chi connectivity index (χ3v) is 4.27. The van der Waals surface area contributed by atoms with Crippen LogP contribution in [0.15, 0.2) is 28.8 Å². The zero-order valence-corrected chi connectivity index (χ0v) is 14.7. The van der Waals surface area contributed by atoms with Crippen molar-refractivity contribution in [2.45, 2.75) is 31.7 Å². The van der Waals surface area contributed by atoms with E-state index in [1.807, 2.05) is 17.0 Å². The van der Waals surface area contributed by atoms with Gasteiger partial charge in [0.1, 0.15) is 0 Å². The summed E-state index contributed by atoms with van der Waals surface area (Å²) in [5.74, 6) is 1.09. The van der Waals surface area contributed by atoms with Crippen molar-refractivity contribution in [3.05, 3.63) is 35.2 Å². The topological polar surface area (TPSA) is 85.2 Å². The van der Waals surface area contributed by atoms with Crippen LogP contribution < -0.4 is 5.73 Å². The lowest BCUT2D eigenvalue weighted by Gasteiger charge is -2.30. The van der Waals surface area contributed by atoms with Gasteiger partial charge in [-0.2, -0.15) is 4.98 Å². The van der Waals surface area contributed by atoms with Crippen molar-refractivity contribution >= 4 is 29.9 Å². The molecular formula is C16H20Cl2N4O2. The molecule has 0 atom stereocenters. The summed E-state index contributed by atoms with van der Waals surface area (Å²) < 4.78 is 5.22. The number of likely N-dealkylation sites (tertiary alicyclic amines) is 1. The number of carbonyl (C=O) groups is 1. The first-order valence-electron chi connectivity index (χ1n) is 7.73. The van der Waals surface area contributed by atoms with E-state index in [0.717, 1.165) is 31.5 Å². The van der Waals surface area contributed by atoms with Crippen LogP contribution in [-0.4, -0.2) is 40.1 Å². The van der Waals surface area contributed by atoms with E-state index >= 15 is 0 Å². The molecule has 6 nitrogen and oxygen atoms in total. The number of amides is 1. The van der Waals surface area contributed by atoms with E-state index in [-0.39, 0.29) is 24.4 Å². The first kappa shape index (κ1) is 18.7. The summed E-state index contributed by atoms with van der Waals surface area (Å²) >= 11 is 5.86. The fraction of sp³-hybridized carbons (Fsp3) is 0.438. The first-order chi connectivity index (χ1) is 11.1. The summed E-state index contributed by atoms with van der Waals surface area (Å²) in [7, 11) is 0. The van der Waals surface area contributed by atoms with E-state index < -0.39 is 0 Å². The predicted octanol–water partition coefficient (Wildman–Crippen LogP) is 2.69. The number of nitrogens with two attached hydrogens (primary N) is 1. The number of halogens is 2. The Morgan fingerprint density at radius 3 is 2.62 bits per heavy atom. The molecule has 2 aromatic rings. The second-order valence-corrected chi connectivity index (χ2v) is 6.17.